The topological polar surface area (TPSA) is 32.3 Å². The Morgan fingerprint density at radius 2 is 1.59 bits per heavy atom. The largest absolute Gasteiger partial charge is 0.396 e. The van der Waals surface area contributed by atoms with Gasteiger partial charge in [0.2, 0.25) is 0 Å². The monoisotopic (exact) mass is 235 g/mol. The molecule has 96 valence electrons. The summed E-state index contributed by atoms with van der Waals surface area (Å²) in [6, 6.07) is 2.26. The van der Waals surface area contributed by atoms with Gasteiger partial charge in [-0.15, -0.1) is 0 Å². The van der Waals surface area contributed by atoms with E-state index in [4.69, 9.17) is 5.11 Å². The fourth-order valence-corrected chi connectivity index (χ4v) is 2.14. The van der Waals surface area contributed by atoms with Crippen LogP contribution in [0.2, 0.25) is 0 Å². The molecule has 0 aliphatic heterocycles. The van der Waals surface area contributed by atoms with E-state index in [1.165, 1.54) is 27.8 Å². The van der Waals surface area contributed by atoms with Crippen LogP contribution in [-0.4, -0.2) is 18.3 Å². The summed E-state index contributed by atoms with van der Waals surface area (Å²) in [6.07, 6.45) is 1.93. The maximum atomic E-state index is 8.72. The average Bonchev–Trinajstić information content (AvgIpc) is 2.30. The van der Waals surface area contributed by atoms with Gasteiger partial charge in [0.25, 0.3) is 0 Å². The van der Waals surface area contributed by atoms with Crippen LogP contribution >= 0.6 is 0 Å². The van der Waals surface area contributed by atoms with Gasteiger partial charge in [-0.25, -0.2) is 0 Å². The highest BCUT2D eigenvalue weighted by Crippen LogP contribution is 2.21. The van der Waals surface area contributed by atoms with Crippen LogP contribution in [0.5, 0.6) is 0 Å². The first-order chi connectivity index (χ1) is 8.07. The summed E-state index contributed by atoms with van der Waals surface area (Å²) in [5, 5.41) is 12.2. The van der Waals surface area contributed by atoms with Crippen molar-refractivity contribution < 1.29 is 5.11 Å². The summed E-state index contributed by atoms with van der Waals surface area (Å²) in [6.45, 7) is 11.0. The highest BCUT2D eigenvalue weighted by atomic mass is 16.2. The van der Waals surface area contributed by atoms with Gasteiger partial charge in [0.1, 0.15) is 0 Å². The predicted molar refractivity (Wildman–Crippen MR) is 73.4 cm³/mol. The summed E-state index contributed by atoms with van der Waals surface area (Å²) in [7, 11) is 0. The Kier molecular flexibility index (Phi) is 5.66. The first kappa shape index (κ1) is 14.2. The Morgan fingerprint density at radius 3 is 2.12 bits per heavy atom. The molecule has 0 bridgehead atoms. The van der Waals surface area contributed by atoms with Gasteiger partial charge < -0.3 is 10.4 Å². The standard InChI is InChI=1S/C15H25NO/c1-11-9-12(2)14(4)15(13(11)3)10-16-7-5-6-8-17/h9,16-17H,5-8,10H2,1-4H3. The quantitative estimate of drug-likeness (QED) is 0.743. The van der Waals surface area contributed by atoms with E-state index in [0.717, 1.165) is 25.9 Å². The van der Waals surface area contributed by atoms with E-state index in [2.05, 4.69) is 39.1 Å². The van der Waals surface area contributed by atoms with Gasteiger partial charge in [-0.2, -0.15) is 0 Å². The molecule has 2 nitrogen and oxygen atoms in total. The van der Waals surface area contributed by atoms with Crippen molar-refractivity contribution in [3.8, 4) is 0 Å². The first-order valence-corrected chi connectivity index (χ1v) is 6.45. The molecule has 0 aliphatic carbocycles. The van der Waals surface area contributed by atoms with Crippen molar-refractivity contribution in [1.82, 2.24) is 5.32 Å². The zero-order chi connectivity index (χ0) is 12.8. The lowest BCUT2D eigenvalue weighted by Gasteiger charge is -2.15. The highest BCUT2D eigenvalue weighted by molar-refractivity contribution is 5.43. The summed E-state index contributed by atoms with van der Waals surface area (Å²) < 4.78 is 0. The molecule has 0 saturated carbocycles. The van der Waals surface area contributed by atoms with E-state index < -0.39 is 0 Å². The summed E-state index contributed by atoms with van der Waals surface area (Å²) in [5.74, 6) is 0. The second-order valence-electron chi connectivity index (χ2n) is 4.85. The number of nitrogens with one attached hydrogen (secondary N) is 1. The van der Waals surface area contributed by atoms with Gasteiger partial charge in [0.05, 0.1) is 0 Å². The number of unbranched alkanes of at least 4 members (excludes halogenated alkanes) is 1. The molecule has 0 aromatic heterocycles. The summed E-state index contributed by atoms with van der Waals surface area (Å²) in [5.41, 5.74) is 7.00. The molecule has 1 rings (SSSR count). The van der Waals surface area contributed by atoms with E-state index in [9.17, 15) is 0 Å². The Hall–Kier alpha value is -0.860. The van der Waals surface area contributed by atoms with Crippen molar-refractivity contribution in [2.24, 2.45) is 0 Å². The minimum absolute atomic E-state index is 0.295. The van der Waals surface area contributed by atoms with Gasteiger partial charge in [0.15, 0.2) is 0 Å². The molecule has 17 heavy (non-hydrogen) atoms. The van der Waals surface area contributed by atoms with Crippen LogP contribution in [0.3, 0.4) is 0 Å². The summed E-state index contributed by atoms with van der Waals surface area (Å²) in [4.78, 5) is 0. The van der Waals surface area contributed by atoms with E-state index >= 15 is 0 Å². The highest BCUT2D eigenvalue weighted by Gasteiger charge is 2.07. The molecule has 2 heteroatoms. The molecule has 2 N–H and O–H groups in total. The minimum Gasteiger partial charge on any atom is -0.396 e. The third kappa shape index (κ3) is 3.83. The second kappa shape index (κ2) is 6.77. The van der Waals surface area contributed by atoms with Crippen LogP contribution in [0.4, 0.5) is 0 Å². The van der Waals surface area contributed by atoms with Crippen LogP contribution in [0.25, 0.3) is 0 Å². The molecule has 0 amide bonds. The molecule has 0 saturated heterocycles. The van der Waals surface area contributed by atoms with Gasteiger partial charge in [-0.3, -0.25) is 0 Å². The number of hydrogen-bond acceptors (Lipinski definition) is 2. The van der Waals surface area contributed by atoms with E-state index in [0.29, 0.717) is 6.61 Å². The van der Waals surface area contributed by atoms with Crippen molar-refractivity contribution in [2.75, 3.05) is 13.2 Å². The number of rotatable bonds is 6. The Morgan fingerprint density at radius 1 is 1.00 bits per heavy atom. The summed E-state index contributed by atoms with van der Waals surface area (Å²) >= 11 is 0. The molecular weight excluding hydrogens is 210 g/mol. The van der Waals surface area contributed by atoms with Crippen LogP contribution in [-0.2, 0) is 6.54 Å². The molecule has 1 aromatic rings. The average molecular weight is 235 g/mol. The van der Waals surface area contributed by atoms with E-state index in [-0.39, 0.29) is 0 Å². The number of hydrogen-bond donors (Lipinski definition) is 2. The van der Waals surface area contributed by atoms with Crippen LogP contribution in [0.15, 0.2) is 6.07 Å². The lowest BCUT2D eigenvalue weighted by molar-refractivity contribution is 0.283. The maximum Gasteiger partial charge on any atom is 0.0431 e. The predicted octanol–water partition coefficient (Wildman–Crippen LogP) is 2.78. The van der Waals surface area contributed by atoms with Crippen LogP contribution in [0.1, 0.15) is 40.7 Å². The molecule has 0 radical (unpaired) electrons. The third-order valence-corrected chi connectivity index (χ3v) is 3.58. The molecule has 1 aromatic carbocycles. The molecule has 0 spiro atoms. The number of benzene rings is 1. The van der Waals surface area contributed by atoms with E-state index in [1.54, 1.807) is 0 Å². The maximum absolute atomic E-state index is 8.72. The molecule has 0 heterocycles. The van der Waals surface area contributed by atoms with Crippen molar-refractivity contribution in [3.05, 3.63) is 33.9 Å². The van der Waals surface area contributed by atoms with Gasteiger partial charge >= 0.3 is 0 Å². The zero-order valence-corrected chi connectivity index (χ0v) is 11.6. The molecule has 0 atom stereocenters. The number of aliphatic hydroxyl groups excluding tert-OH is 1. The second-order valence-corrected chi connectivity index (χ2v) is 4.85. The first-order valence-electron chi connectivity index (χ1n) is 6.45. The van der Waals surface area contributed by atoms with Crippen LogP contribution in [0, 0.1) is 27.7 Å². The van der Waals surface area contributed by atoms with Crippen LogP contribution < -0.4 is 5.32 Å². The Balaban J connectivity index is 2.64. The van der Waals surface area contributed by atoms with Gasteiger partial charge in [-0.05, 0) is 74.9 Å². The molecule has 0 fully saturated rings. The van der Waals surface area contributed by atoms with Gasteiger partial charge in [-0.1, -0.05) is 6.07 Å². The fraction of sp³-hybridized carbons (Fsp3) is 0.600. The Bertz CT molecular complexity index is 345. The molecule has 0 aliphatic rings. The fourth-order valence-electron chi connectivity index (χ4n) is 2.14. The SMILES string of the molecule is Cc1cc(C)c(C)c(CNCCCCO)c1C. The normalized spacial score (nSPS) is 10.9. The Labute approximate surface area is 105 Å². The number of aryl methyl sites for hydroxylation is 2. The number of aliphatic hydroxyl groups is 1. The lowest BCUT2D eigenvalue weighted by atomic mass is 9.94. The van der Waals surface area contributed by atoms with Crippen molar-refractivity contribution in [2.45, 2.75) is 47.1 Å². The van der Waals surface area contributed by atoms with Gasteiger partial charge in [0, 0.05) is 13.2 Å². The van der Waals surface area contributed by atoms with Crippen molar-refractivity contribution in [1.29, 1.82) is 0 Å². The van der Waals surface area contributed by atoms with E-state index in [1.807, 2.05) is 0 Å². The molecule has 0 unspecified atom stereocenters. The van der Waals surface area contributed by atoms with Crippen molar-refractivity contribution in [3.63, 3.8) is 0 Å². The third-order valence-electron chi connectivity index (χ3n) is 3.58. The van der Waals surface area contributed by atoms with Crippen molar-refractivity contribution >= 4 is 0 Å². The lowest BCUT2D eigenvalue weighted by Crippen LogP contribution is -2.17. The zero-order valence-electron chi connectivity index (χ0n) is 11.6. The smallest absolute Gasteiger partial charge is 0.0431 e. The minimum atomic E-state index is 0.295. The molecular formula is C15H25NO.